The van der Waals surface area contributed by atoms with Gasteiger partial charge in [0.15, 0.2) is 0 Å². The number of rotatable bonds is 6. The van der Waals surface area contributed by atoms with Crippen LogP contribution in [-0.2, 0) is 4.79 Å². The number of thiophene rings is 1. The van der Waals surface area contributed by atoms with E-state index in [-0.39, 0.29) is 17.4 Å². The Bertz CT molecular complexity index is 1040. The normalized spacial score (nSPS) is 12.8. The molecule has 1 aliphatic rings. The Labute approximate surface area is 188 Å². The van der Waals surface area contributed by atoms with Gasteiger partial charge in [-0.15, -0.1) is 11.3 Å². The lowest BCUT2D eigenvalue weighted by Gasteiger charge is -2.13. The van der Waals surface area contributed by atoms with Crippen LogP contribution in [0.15, 0.2) is 30.3 Å². The standard InChI is InChI=1S/C17H16ClN3O3S.C2HF3O2/c18-13-7-6-12(25-13)15(22)20-11-5-3-4-10-14(11)17(24)21(16(10)23)9-2-1-8-19;3-2(4,5)1(6)7/h3-7H,1-2,8-9,19H2,(H,20,22);(H,6,7). The van der Waals surface area contributed by atoms with Gasteiger partial charge in [0.1, 0.15) is 0 Å². The number of hydrogen-bond donors (Lipinski definition) is 3. The number of amides is 3. The number of alkyl halides is 3. The highest BCUT2D eigenvalue weighted by molar-refractivity contribution is 7.18. The predicted molar refractivity (Wildman–Crippen MR) is 111 cm³/mol. The molecule has 0 saturated carbocycles. The third-order valence-electron chi connectivity index (χ3n) is 4.12. The highest BCUT2D eigenvalue weighted by atomic mass is 35.5. The van der Waals surface area contributed by atoms with E-state index in [9.17, 15) is 27.6 Å². The lowest BCUT2D eigenvalue weighted by molar-refractivity contribution is -0.192. The number of nitrogens with zero attached hydrogens (tertiary/aromatic N) is 1. The molecule has 0 radical (unpaired) electrons. The van der Waals surface area contributed by atoms with Gasteiger partial charge in [-0.25, -0.2) is 4.79 Å². The van der Waals surface area contributed by atoms with Crippen molar-refractivity contribution in [2.75, 3.05) is 18.4 Å². The zero-order valence-corrected chi connectivity index (χ0v) is 17.8. The third-order valence-corrected chi connectivity index (χ3v) is 5.35. The predicted octanol–water partition coefficient (Wildman–Crippen LogP) is 3.62. The minimum Gasteiger partial charge on any atom is -0.475 e. The Kier molecular flexibility index (Phi) is 8.36. The van der Waals surface area contributed by atoms with Crippen LogP contribution in [0.1, 0.15) is 43.2 Å². The molecule has 1 aromatic carbocycles. The molecule has 1 aliphatic heterocycles. The molecular weight excluding hydrogens is 475 g/mol. The Morgan fingerprint density at radius 3 is 2.31 bits per heavy atom. The number of halogens is 4. The van der Waals surface area contributed by atoms with Gasteiger partial charge in [-0.1, -0.05) is 17.7 Å². The van der Waals surface area contributed by atoms with Crippen molar-refractivity contribution in [3.63, 3.8) is 0 Å². The van der Waals surface area contributed by atoms with Crippen LogP contribution < -0.4 is 11.1 Å². The van der Waals surface area contributed by atoms with Crippen LogP contribution in [0, 0.1) is 0 Å². The van der Waals surface area contributed by atoms with Crippen molar-refractivity contribution in [3.8, 4) is 0 Å². The largest absolute Gasteiger partial charge is 0.490 e. The molecule has 0 saturated heterocycles. The number of carbonyl (C=O) groups excluding carboxylic acids is 3. The van der Waals surface area contributed by atoms with Gasteiger partial charge in [0, 0.05) is 6.54 Å². The smallest absolute Gasteiger partial charge is 0.475 e. The average Bonchev–Trinajstić information content (AvgIpc) is 3.25. The summed E-state index contributed by atoms with van der Waals surface area (Å²) in [6, 6.07) is 8.09. The van der Waals surface area contributed by atoms with Gasteiger partial charge in [0.25, 0.3) is 17.7 Å². The fraction of sp³-hybridized carbons (Fsp3) is 0.263. The van der Waals surface area contributed by atoms with Crippen molar-refractivity contribution in [3.05, 3.63) is 50.7 Å². The van der Waals surface area contributed by atoms with E-state index in [2.05, 4.69) is 5.32 Å². The van der Waals surface area contributed by atoms with Crippen molar-refractivity contribution in [2.24, 2.45) is 5.73 Å². The number of anilines is 1. The zero-order valence-electron chi connectivity index (χ0n) is 16.2. The van der Waals surface area contributed by atoms with Gasteiger partial charge in [0.05, 0.1) is 26.0 Å². The SMILES string of the molecule is NCCCCN1C(=O)c2cccc(NC(=O)c3ccc(Cl)s3)c2C1=O.O=C(O)C(F)(F)F. The molecule has 3 amide bonds. The summed E-state index contributed by atoms with van der Waals surface area (Å²) in [5.41, 5.74) is 6.32. The molecule has 13 heteroatoms. The second-order valence-electron chi connectivity index (χ2n) is 6.35. The molecule has 1 aromatic heterocycles. The van der Waals surface area contributed by atoms with Crippen molar-refractivity contribution >= 4 is 52.3 Å². The first-order chi connectivity index (χ1) is 15.0. The van der Waals surface area contributed by atoms with Gasteiger partial charge < -0.3 is 16.2 Å². The monoisotopic (exact) mass is 491 g/mol. The molecule has 172 valence electrons. The van der Waals surface area contributed by atoms with E-state index < -0.39 is 18.1 Å². The summed E-state index contributed by atoms with van der Waals surface area (Å²) in [5, 5.41) is 9.83. The number of hydrogen-bond acceptors (Lipinski definition) is 6. The van der Waals surface area contributed by atoms with E-state index in [1.54, 1.807) is 30.3 Å². The number of carboxylic acids is 1. The molecule has 0 bridgehead atoms. The summed E-state index contributed by atoms with van der Waals surface area (Å²) in [4.78, 5) is 48.0. The Morgan fingerprint density at radius 1 is 1.12 bits per heavy atom. The van der Waals surface area contributed by atoms with E-state index in [4.69, 9.17) is 27.2 Å². The van der Waals surface area contributed by atoms with Crippen LogP contribution >= 0.6 is 22.9 Å². The molecule has 0 fully saturated rings. The number of imide groups is 1. The fourth-order valence-electron chi connectivity index (χ4n) is 2.68. The van der Waals surface area contributed by atoms with E-state index >= 15 is 0 Å². The minimum absolute atomic E-state index is 0.233. The average molecular weight is 492 g/mol. The van der Waals surface area contributed by atoms with E-state index in [1.807, 2.05) is 0 Å². The quantitative estimate of drug-likeness (QED) is 0.418. The number of carboxylic acid groups (broad SMARTS) is 1. The summed E-state index contributed by atoms with van der Waals surface area (Å²) >= 11 is 6.99. The highest BCUT2D eigenvalue weighted by Crippen LogP contribution is 2.30. The molecule has 2 heterocycles. The van der Waals surface area contributed by atoms with Crippen LogP contribution in [0.4, 0.5) is 18.9 Å². The number of fused-ring (bicyclic) bond motifs is 1. The number of nitrogens with two attached hydrogens (primary N) is 1. The lowest BCUT2D eigenvalue weighted by Crippen LogP contribution is -2.31. The maximum atomic E-state index is 12.6. The van der Waals surface area contributed by atoms with Crippen LogP contribution in [0.3, 0.4) is 0 Å². The minimum atomic E-state index is -5.08. The number of nitrogens with one attached hydrogen (secondary N) is 1. The topological polar surface area (TPSA) is 130 Å². The van der Waals surface area contributed by atoms with Crippen LogP contribution in [-0.4, -0.2) is 53.0 Å². The van der Waals surface area contributed by atoms with Gasteiger partial charge in [-0.3, -0.25) is 19.3 Å². The summed E-state index contributed by atoms with van der Waals surface area (Å²) in [7, 11) is 0. The first-order valence-electron chi connectivity index (χ1n) is 9.03. The van der Waals surface area contributed by atoms with Crippen molar-refractivity contribution in [1.82, 2.24) is 4.90 Å². The van der Waals surface area contributed by atoms with E-state index in [1.165, 1.54) is 4.90 Å². The summed E-state index contributed by atoms with van der Waals surface area (Å²) in [6.07, 6.45) is -3.70. The first-order valence-corrected chi connectivity index (χ1v) is 10.2. The lowest BCUT2D eigenvalue weighted by atomic mass is 10.1. The Balaban J connectivity index is 0.000000451. The molecule has 8 nitrogen and oxygen atoms in total. The molecule has 3 rings (SSSR count). The van der Waals surface area contributed by atoms with Crippen molar-refractivity contribution in [1.29, 1.82) is 0 Å². The summed E-state index contributed by atoms with van der Waals surface area (Å²) in [6.45, 7) is 0.825. The fourth-order valence-corrected chi connectivity index (χ4v) is 3.61. The van der Waals surface area contributed by atoms with Crippen molar-refractivity contribution in [2.45, 2.75) is 19.0 Å². The highest BCUT2D eigenvalue weighted by Gasteiger charge is 2.38. The summed E-state index contributed by atoms with van der Waals surface area (Å²) < 4.78 is 32.2. The van der Waals surface area contributed by atoms with E-state index in [0.717, 1.165) is 17.8 Å². The second-order valence-corrected chi connectivity index (χ2v) is 8.06. The zero-order chi connectivity index (χ0) is 24.1. The summed E-state index contributed by atoms with van der Waals surface area (Å²) in [5.74, 6) is -3.86. The molecule has 0 atom stereocenters. The molecule has 0 aliphatic carbocycles. The third kappa shape index (κ3) is 6.05. The second kappa shape index (κ2) is 10.6. The van der Waals surface area contributed by atoms with E-state index in [0.29, 0.717) is 40.0 Å². The number of carbonyl (C=O) groups is 4. The Morgan fingerprint density at radius 2 is 1.78 bits per heavy atom. The number of aliphatic carboxylic acids is 1. The first kappa shape index (κ1) is 25.3. The van der Waals surface area contributed by atoms with Gasteiger partial charge in [0.2, 0.25) is 0 Å². The van der Waals surface area contributed by atoms with Gasteiger partial charge in [-0.2, -0.15) is 13.2 Å². The number of unbranched alkanes of at least 4 members (excludes halogenated alkanes) is 1. The number of benzene rings is 1. The van der Waals surface area contributed by atoms with Gasteiger partial charge in [-0.05, 0) is 43.7 Å². The molecule has 0 unspecified atom stereocenters. The maximum absolute atomic E-state index is 12.6. The Hall–Kier alpha value is -2.96. The molecule has 2 aromatic rings. The molecule has 4 N–H and O–H groups in total. The maximum Gasteiger partial charge on any atom is 0.490 e. The molecule has 32 heavy (non-hydrogen) atoms. The molecular formula is C19H17ClF3N3O5S. The molecule has 0 spiro atoms. The van der Waals surface area contributed by atoms with Gasteiger partial charge >= 0.3 is 12.1 Å². The van der Waals surface area contributed by atoms with Crippen molar-refractivity contribution < 1.29 is 37.5 Å². The van der Waals surface area contributed by atoms with Crippen LogP contribution in [0.25, 0.3) is 0 Å². The van der Waals surface area contributed by atoms with Crippen LogP contribution in [0.5, 0.6) is 0 Å². The van der Waals surface area contributed by atoms with Crippen LogP contribution in [0.2, 0.25) is 4.34 Å².